The van der Waals surface area contributed by atoms with Gasteiger partial charge in [0.2, 0.25) is 20.0 Å². The lowest BCUT2D eigenvalue weighted by Crippen LogP contribution is -2.46. The predicted molar refractivity (Wildman–Crippen MR) is 97.5 cm³/mol. The summed E-state index contributed by atoms with van der Waals surface area (Å²) in [5, 5.41) is 0. The van der Waals surface area contributed by atoms with E-state index >= 15 is 0 Å². The van der Waals surface area contributed by atoms with Crippen molar-refractivity contribution in [3.63, 3.8) is 0 Å². The van der Waals surface area contributed by atoms with Crippen LogP contribution in [0.1, 0.15) is 36.8 Å². The van der Waals surface area contributed by atoms with Crippen LogP contribution in [0.15, 0.2) is 23.1 Å². The summed E-state index contributed by atoms with van der Waals surface area (Å²) in [6.45, 7) is 0.702. The van der Waals surface area contributed by atoms with Gasteiger partial charge in [-0.3, -0.25) is 0 Å². The van der Waals surface area contributed by atoms with Crippen LogP contribution >= 0.6 is 0 Å². The van der Waals surface area contributed by atoms with Crippen molar-refractivity contribution in [2.75, 3.05) is 26.4 Å². The molecule has 3 rings (SSSR count). The average Bonchev–Trinajstić information content (AvgIpc) is 2.60. The van der Waals surface area contributed by atoms with Gasteiger partial charge < -0.3 is 0 Å². The number of piperidine rings is 1. The van der Waals surface area contributed by atoms with Gasteiger partial charge in [0, 0.05) is 26.2 Å². The largest absolute Gasteiger partial charge is 0.243 e. The van der Waals surface area contributed by atoms with Crippen LogP contribution in [0, 0.1) is 0 Å². The van der Waals surface area contributed by atoms with E-state index in [9.17, 15) is 16.8 Å². The van der Waals surface area contributed by atoms with E-state index in [1.165, 1.54) is 26.9 Å². The topological polar surface area (TPSA) is 74.8 Å². The first kappa shape index (κ1) is 18.8. The van der Waals surface area contributed by atoms with Crippen molar-refractivity contribution >= 4 is 20.0 Å². The molecule has 1 saturated heterocycles. The van der Waals surface area contributed by atoms with Crippen LogP contribution in [0.25, 0.3) is 0 Å². The lowest BCUT2D eigenvalue weighted by molar-refractivity contribution is 0.239. The monoisotopic (exact) mass is 386 g/mol. The number of aryl methyl sites for hydroxylation is 2. The Kier molecular flexibility index (Phi) is 5.26. The molecule has 1 aromatic carbocycles. The van der Waals surface area contributed by atoms with Gasteiger partial charge in [0.1, 0.15) is 0 Å². The molecule has 1 aliphatic carbocycles. The van der Waals surface area contributed by atoms with Crippen LogP contribution in [0.2, 0.25) is 0 Å². The third-order valence-electron chi connectivity index (χ3n) is 5.42. The number of hydrogen-bond acceptors (Lipinski definition) is 4. The van der Waals surface area contributed by atoms with Crippen molar-refractivity contribution in [3.05, 3.63) is 29.3 Å². The van der Waals surface area contributed by atoms with Crippen molar-refractivity contribution in [1.82, 2.24) is 8.61 Å². The summed E-state index contributed by atoms with van der Waals surface area (Å²) in [5.41, 5.74) is 2.41. The standard InChI is InChI=1S/C17H26N2O4S2/c1-18(24(2,20)21)16-9-11-19(12-10-16)25(22,23)17-8-7-14-5-3-4-6-15(14)13-17/h7-8,13,16H,3-6,9-12H2,1-2H3. The van der Waals surface area contributed by atoms with Crippen LogP contribution in [-0.4, -0.2) is 57.9 Å². The first-order valence-electron chi connectivity index (χ1n) is 8.74. The zero-order chi connectivity index (χ0) is 18.2. The van der Waals surface area contributed by atoms with E-state index in [1.807, 2.05) is 12.1 Å². The highest BCUT2D eigenvalue weighted by atomic mass is 32.2. The Bertz CT molecular complexity index is 841. The van der Waals surface area contributed by atoms with E-state index in [-0.39, 0.29) is 6.04 Å². The van der Waals surface area contributed by atoms with E-state index in [1.54, 1.807) is 13.1 Å². The molecule has 0 radical (unpaired) electrons. The second kappa shape index (κ2) is 6.98. The maximum atomic E-state index is 12.9. The summed E-state index contributed by atoms with van der Waals surface area (Å²) >= 11 is 0. The first-order valence-corrected chi connectivity index (χ1v) is 12.0. The molecule has 0 saturated carbocycles. The number of fused-ring (bicyclic) bond motifs is 1. The van der Waals surface area contributed by atoms with Crippen molar-refractivity contribution in [2.24, 2.45) is 0 Å². The molecule has 25 heavy (non-hydrogen) atoms. The lowest BCUT2D eigenvalue weighted by atomic mass is 9.92. The van der Waals surface area contributed by atoms with Crippen molar-refractivity contribution in [1.29, 1.82) is 0 Å². The van der Waals surface area contributed by atoms with Gasteiger partial charge in [-0.2, -0.15) is 4.31 Å². The lowest BCUT2D eigenvalue weighted by Gasteiger charge is -2.35. The second-order valence-corrected chi connectivity index (χ2v) is 11.0. The van der Waals surface area contributed by atoms with Crippen LogP contribution in [0.4, 0.5) is 0 Å². The molecule has 8 heteroatoms. The Hall–Kier alpha value is -0.960. The molecule has 1 aromatic rings. The van der Waals surface area contributed by atoms with Gasteiger partial charge in [-0.1, -0.05) is 6.07 Å². The molecule has 1 aliphatic heterocycles. The molecular formula is C17H26N2O4S2. The third-order valence-corrected chi connectivity index (χ3v) is 8.66. The number of sulfonamides is 2. The van der Waals surface area contributed by atoms with E-state index in [2.05, 4.69) is 0 Å². The fourth-order valence-electron chi connectivity index (χ4n) is 3.74. The maximum absolute atomic E-state index is 12.9. The molecular weight excluding hydrogens is 360 g/mol. The summed E-state index contributed by atoms with van der Waals surface area (Å²) in [5.74, 6) is 0. The summed E-state index contributed by atoms with van der Waals surface area (Å²) in [6, 6.07) is 5.36. The van der Waals surface area contributed by atoms with Crippen LogP contribution in [0.5, 0.6) is 0 Å². The Labute approximate surface area is 150 Å². The SMILES string of the molecule is CN(C1CCN(S(=O)(=O)c2ccc3c(c2)CCCC3)CC1)S(C)(=O)=O. The Balaban J connectivity index is 1.74. The highest BCUT2D eigenvalue weighted by molar-refractivity contribution is 7.89. The van der Waals surface area contributed by atoms with Gasteiger partial charge in [-0.15, -0.1) is 0 Å². The Morgan fingerprint density at radius 1 is 1.00 bits per heavy atom. The van der Waals surface area contributed by atoms with Crippen LogP contribution in [0.3, 0.4) is 0 Å². The molecule has 1 fully saturated rings. The van der Waals surface area contributed by atoms with Gasteiger partial charge >= 0.3 is 0 Å². The molecule has 0 amide bonds. The average molecular weight is 387 g/mol. The zero-order valence-corrected chi connectivity index (χ0v) is 16.4. The quantitative estimate of drug-likeness (QED) is 0.788. The molecule has 0 spiro atoms. The third kappa shape index (κ3) is 3.92. The minimum absolute atomic E-state index is 0.134. The molecule has 140 valence electrons. The fraction of sp³-hybridized carbons (Fsp3) is 0.647. The molecule has 1 heterocycles. The summed E-state index contributed by atoms with van der Waals surface area (Å²) in [6.07, 6.45) is 6.48. The second-order valence-electron chi connectivity index (χ2n) is 7.05. The number of rotatable bonds is 4. The van der Waals surface area contributed by atoms with Crippen molar-refractivity contribution in [3.8, 4) is 0 Å². The number of benzene rings is 1. The summed E-state index contributed by atoms with van der Waals surface area (Å²) in [4.78, 5) is 0.364. The van der Waals surface area contributed by atoms with Gasteiger partial charge in [0.25, 0.3) is 0 Å². The molecule has 0 unspecified atom stereocenters. The van der Waals surface area contributed by atoms with Crippen LogP contribution < -0.4 is 0 Å². The van der Waals surface area contributed by atoms with Gasteiger partial charge in [-0.25, -0.2) is 21.1 Å². The fourth-order valence-corrected chi connectivity index (χ4v) is 6.01. The Morgan fingerprint density at radius 3 is 2.20 bits per heavy atom. The van der Waals surface area contributed by atoms with Crippen molar-refractivity contribution in [2.45, 2.75) is 49.5 Å². The van der Waals surface area contributed by atoms with Gasteiger partial charge in [0.05, 0.1) is 11.2 Å². The molecule has 0 atom stereocenters. The first-order chi connectivity index (χ1) is 11.7. The van der Waals surface area contributed by atoms with E-state index in [4.69, 9.17) is 0 Å². The minimum Gasteiger partial charge on any atom is -0.213 e. The van der Waals surface area contributed by atoms with E-state index in [0.29, 0.717) is 30.8 Å². The highest BCUT2D eigenvalue weighted by Gasteiger charge is 2.33. The van der Waals surface area contributed by atoms with Crippen LogP contribution in [-0.2, 0) is 32.9 Å². The van der Waals surface area contributed by atoms with Crippen molar-refractivity contribution < 1.29 is 16.8 Å². The molecule has 6 nitrogen and oxygen atoms in total. The predicted octanol–water partition coefficient (Wildman–Crippen LogP) is 1.61. The zero-order valence-electron chi connectivity index (χ0n) is 14.8. The van der Waals surface area contributed by atoms with Gasteiger partial charge in [0.15, 0.2) is 0 Å². The molecule has 0 bridgehead atoms. The minimum atomic E-state index is -3.51. The molecule has 2 aliphatic rings. The molecule has 0 N–H and O–H groups in total. The summed E-state index contributed by atoms with van der Waals surface area (Å²) in [7, 11) is -5.20. The number of nitrogens with zero attached hydrogens (tertiary/aromatic N) is 2. The highest BCUT2D eigenvalue weighted by Crippen LogP contribution is 2.28. The number of hydrogen-bond donors (Lipinski definition) is 0. The smallest absolute Gasteiger partial charge is 0.213 e. The molecule has 0 aromatic heterocycles. The summed E-state index contributed by atoms with van der Waals surface area (Å²) < 4.78 is 52.1. The Morgan fingerprint density at radius 2 is 1.60 bits per heavy atom. The normalized spacial score (nSPS) is 20.6. The van der Waals surface area contributed by atoms with Gasteiger partial charge in [-0.05, 0) is 61.8 Å². The van der Waals surface area contributed by atoms with E-state index < -0.39 is 20.0 Å². The van der Waals surface area contributed by atoms with E-state index in [0.717, 1.165) is 24.8 Å². The maximum Gasteiger partial charge on any atom is 0.243 e.